The molecule has 2 aliphatic carbocycles. The van der Waals surface area contributed by atoms with Crippen LogP contribution in [0.25, 0.3) is 5.82 Å². The summed E-state index contributed by atoms with van der Waals surface area (Å²) < 4.78 is 7.74. The maximum atomic E-state index is 12.8. The fourth-order valence-electron chi connectivity index (χ4n) is 4.04. The Morgan fingerprint density at radius 2 is 2.24 bits per heavy atom. The Labute approximate surface area is 144 Å². The summed E-state index contributed by atoms with van der Waals surface area (Å²) in [5.74, 6) is 1.38. The van der Waals surface area contributed by atoms with Crippen LogP contribution in [-0.4, -0.2) is 39.9 Å². The summed E-state index contributed by atoms with van der Waals surface area (Å²) in [6.45, 7) is 1.36. The Morgan fingerprint density at radius 1 is 1.40 bits per heavy atom. The average molecular weight is 341 g/mol. The van der Waals surface area contributed by atoms with Crippen LogP contribution in [-0.2, 0) is 11.2 Å². The van der Waals surface area contributed by atoms with E-state index in [0.717, 1.165) is 36.9 Å². The van der Waals surface area contributed by atoms with Crippen molar-refractivity contribution >= 4 is 5.91 Å². The van der Waals surface area contributed by atoms with Crippen LogP contribution in [0.2, 0.25) is 0 Å². The smallest absolute Gasteiger partial charge is 0.272 e. The highest BCUT2D eigenvalue weighted by Gasteiger charge is 2.50. The van der Waals surface area contributed by atoms with E-state index < -0.39 is 0 Å². The SMILES string of the molecule is O=C(NC1CCOCC1)c1nn(-c2c[n+]([O-])ccn2)c2c1C[C@H]1C[C@@H]21. The molecular weight excluding hydrogens is 322 g/mol. The first-order chi connectivity index (χ1) is 12.2. The van der Waals surface area contributed by atoms with Gasteiger partial charge in [-0.25, -0.2) is 9.67 Å². The van der Waals surface area contributed by atoms with Crippen molar-refractivity contribution in [3.05, 3.63) is 40.7 Å². The van der Waals surface area contributed by atoms with Crippen LogP contribution in [0.4, 0.5) is 0 Å². The Balaban J connectivity index is 1.50. The van der Waals surface area contributed by atoms with Crippen molar-refractivity contribution in [3.8, 4) is 5.82 Å². The molecule has 0 spiro atoms. The zero-order chi connectivity index (χ0) is 17.0. The minimum Gasteiger partial charge on any atom is -0.619 e. The van der Waals surface area contributed by atoms with Gasteiger partial charge in [0.15, 0.2) is 11.9 Å². The number of nitrogens with one attached hydrogen (secondary N) is 1. The topological polar surface area (TPSA) is 96.0 Å². The summed E-state index contributed by atoms with van der Waals surface area (Å²) in [5.41, 5.74) is 2.56. The molecule has 0 unspecified atom stereocenters. The normalized spacial score (nSPS) is 24.6. The summed E-state index contributed by atoms with van der Waals surface area (Å²) in [6.07, 6.45) is 7.86. The molecule has 130 valence electrons. The Morgan fingerprint density at radius 3 is 3.04 bits per heavy atom. The fraction of sp³-hybridized carbons (Fsp3) is 0.529. The van der Waals surface area contributed by atoms with Crippen molar-refractivity contribution in [1.29, 1.82) is 0 Å². The van der Waals surface area contributed by atoms with Gasteiger partial charge < -0.3 is 15.3 Å². The summed E-state index contributed by atoms with van der Waals surface area (Å²) in [5, 5.41) is 19.2. The second-order valence-electron chi connectivity index (χ2n) is 7.07. The number of rotatable bonds is 3. The summed E-state index contributed by atoms with van der Waals surface area (Å²) in [4.78, 5) is 17.1. The molecule has 1 saturated carbocycles. The van der Waals surface area contributed by atoms with Gasteiger partial charge in [-0.15, -0.1) is 0 Å². The molecule has 25 heavy (non-hydrogen) atoms. The number of nitrogens with zero attached hydrogens (tertiary/aromatic N) is 4. The first-order valence-electron chi connectivity index (χ1n) is 8.76. The molecule has 2 fully saturated rings. The molecule has 2 aromatic rings. The van der Waals surface area contributed by atoms with Gasteiger partial charge in [0.2, 0.25) is 12.0 Å². The molecule has 0 aromatic carbocycles. The summed E-state index contributed by atoms with van der Waals surface area (Å²) in [7, 11) is 0. The van der Waals surface area contributed by atoms with Gasteiger partial charge in [0.25, 0.3) is 5.91 Å². The molecule has 8 nitrogen and oxygen atoms in total. The third kappa shape index (κ3) is 2.48. The van der Waals surface area contributed by atoms with E-state index in [4.69, 9.17) is 4.74 Å². The molecule has 8 heteroatoms. The molecule has 0 bridgehead atoms. The first kappa shape index (κ1) is 14.8. The molecule has 1 saturated heterocycles. The van der Waals surface area contributed by atoms with Gasteiger partial charge in [0.1, 0.15) is 0 Å². The van der Waals surface area contributed by atoms with E-state index in [1.165, 1.54) is 18.6 Å². The molecule has 5 rings (SSSR count). The number of fused-ring (bicyclic) bond motifs is 3. The molecule has 2 atom stereocenters. The van der Waals surface area contributed by atoms with Crippen LogP contribution in [0.15, 0.2) is 18.6 Å². The molecule has 1 N–H and O–H groups in total. The lowest BCUT2D eigenvalue weighted by molar-refractivity contribution is -0.605. The lowest BCUT2D eigenvalue weighted by atomic mass is 10.1. The van der Waals surface area contributed by atoms with Gasteiger partial charge >= 0.3 is 0 Å². The van der Waals surface area contributed by atoms with Crippen molar-refractivity contribution in [2.24, 2.45) is 5.92 Å². The molecule has 1 aliphatic heterocycles. The number of carbonyl (C=O) groups is 1. The lowest BCUT2D eigenvalue weighted by Gasteiger charge is -2.22. The zero-order valence-electron chi connectivity index (χ0n) is 13.7. The summed E-state index contributed by atoms with van der Waals surface area (Å²) >= 11 is 0. The van der Waals surface area contributed by atoms with E-state index in [9.17, 15) is 10.0 Å². The molecule has 0 radical (unpaired) electrons. The monoisotopic (exact) mass is 341 g/mol. The molecule has 2 aromatic heterocycles. The molecular formula is C17H19N5O3. The molecule has 3 aliphatic rings. The second-order valence-corrected chi connectivity index (χ2v) is 7.07. The first-order valence-corrected chi connectivity index (χ1v) is 8.76. The van der Waals surface area contributed by atoms with Crippen LogP contribution >= 0.6 is 0 Å². The van der Waals surface area contributed by atoms with Crippen LogP contribution in [0.1, 0.15) is 46.9 Å². The van der Waals surface area contributed by atoms with Crippen LogP contribution in [0.5, 0.6) is 0 Å². The molecule has 3 heterocycles. The quantitative estimate of drug-likeness (QED) is 0.647. The van der Waals surface area contributed by atoms with Crippen LogP contribution in [0, 0.1) is 11.1 Å². The zero-order valence-corrected chi connectivity index (χ0v) is 13.7. The fourth-order valence-corrected chi connectivity index (χ4v) is 4.04. The van der Waals surface area contributed by atoms with Gasteiger partial charge in [-0.05, 0) is 31.6 Å². The van der Waals surface area contributed by atoms with E-state index >= 15 is 0 Å². The van der Waals surface area contributed by atoms with Gasteiger partial charge in [0.05, 0.1) is 11.9 Å². The Hall–Kier alpha value is -2.48. The van der Waals surface area contributed by atoms with E-state index in [1.54, 1.807) is 4.68 Å². The Kier molecular flexibility index (Phi) is 3.27. The second kappa shape index (κ2) is 5.52. The average Bonchev–Trinajstić information content (AvgIpc) is 3.11. The Bertz CT molecular complexity index is 843. The maximum absolute atomic E-state index is 12.8. The van der Waals surface area contributed by atoms with E-state index in [-0.39, 0.29) is 11.9 Å². The predicted molar refractivity (Wildman–Crippen MR) is 86.2 cm³/mol. The van der Waals surface area contributed by atoms with Crippen molar-refractivity contribution in [2.45, 2.75) is 37.6 Å². The van der Waals surface area contributed by atoms with Crippen LogP contribution < -0.4 is 10.0 Å². The van der Waals surface area contributed by atoms with Gasteiger partial charge in [-0.3, -0.25) is 4.79 Å². The van der Waals surface area contributed by atoms with E-state index in [1.807, 2.05) is 0 Å². The highest BCUT2D eigenvalue weighted by molar-refractivity contribution is 5.94. The van der Waals surface area contributed by atoms with Gasteiger partial charge in [0, 0.05) is 30.7 Å². The highest BCUT2D eigenvalue weighted by Crippen LogP contribution is 2.57. The van der Waals surface area contributed by atoms with Crippen molar-refractivity contribution in [3.63, 3.8) is 0 Å². The minimum atomic E-state index is -0.130. The van der Waals surface area contributed by atoms with Crippen molar-refractivity contribution in [2.75, 3.05) is 13.2 Å². The van der Waals surface area contributed by atoms with E-state index in [2.05, 4.69) is 15.4 Å². The van der Waals surface area contributed by atoms with Crippen LogP contribution in [0.3, 0.4) is 0 Å². The van der Waals surface area contributed by atoms with E-state index in [0.29, 0.717) is 41.3 Å². The standard InChI is InChI=1S/C17H19N5O3/c23-17(19-11-1-5-25-6-2-11)15-13-8-10-7-12(10)16(13)22(20-15)14-9-21(24)4-3-18-14/h3-4,9-12H,1-2,5-8H2,(H,19,23)/t10-,12-/m1/s1. The third-order valence-corrected chi connectivity index (χ3v) is 5.42. The number of hydrogen-bond donors (Lipinski definition) is 1. The lowest BCUT2D eigenvalue weighted by Crippen LogP contribution is -2.39. The number of ether oxygens (including phenoxy) is 1. The largest absolute Gasteiger partial charge is 0.619 e. The predicted octanol–water partition coefficient (Wildman–Crippen LogP) is 0.469. The van der Waals surface area contributed by atoms with Crippen molar-refractivity contribution in [1.82, 2.24) is 20.1 Å². The number of hydrogen-bond acceptors (Lipinski definition) is 5. The molecule has 1 amide bonds. The highest BCUT2D eigenvalue weighted by atomic mass is 16.5. The third-order valence-electron chi connectivity index (χ3n) is 5.42. The van der Waals surface area contributed by atoms with Gasteiger partial charge in [-0.1, -0.05) is 0 Å². The number of aromatic nitrogens is 4. The van der Waals surface area contributed by atoms with Crippen molar-refractivity contribution < 1.29 is 14.3 Å². The number of carbonyl (C=O) groups excluding carboxylic acids is 1. The number of amides is 1. The summed E-state index contributed by atoms with van der Waals surface area (Å²) in [6, 6.07) is 0.136. The van der Waals surface area contributed by atoms with Gasteiger partial charge in [-0.2, -0.15) is 9.83 Å². The maximum Gasteiger partial charge on any atom is 0.272 e. The minimum absolute atomic E-state index is 0.130.